The summed E-state index contributed by atoms with van der Waals surface area (Å²) in [6.07, 6.45) is 3.88. The molecule has 1 aromatic rings. The van der Waals surface area contributed by atoms with Gasteiger partial charge in [0.15, 0.2) is 0 Å². The van der Waals surface area contributed by atoms with E-state index in [9.17, 15) is 4.79 Å². The maximum Gasteiger partial charge on any atom is 0.147 e. The maximum atomic E-state index is 11.8. The molecule has 4 heteroatoms. The summed E-state index contributed by atoms with van der Waals surface area (Å²) in [6.45, 7) is 4.09. The molecule has 0 unspecified atom stereocenters. The lowest BCUT2D eigenvalue weighted by Gasteiger charge is -2.20. The predicted octanol–water partition coefficient (Wildman–Crippen LogP) is 0.517. The Morgan fingerprint density at radius 3 is 2.71 bits per heavy atom. The molecule has 0 spiro atoms. The molecule has 1 heterocycles. The number of ketones is 1. The Morgan fingerprint density at radius 2 is 2.29 bits per heavy atom. The molecule has 0 amide bonds. The lowest BCUT2D eigenvalue weighted by molar-refractivity contribution is -0.126. The van der Waals surface area contributed by atoms with Gasteiger partial charge in [0.2, 0.25) is 0 Å². The Kier molecular flexibility index (Phi) is 3.06. The van der Waals surface area contributed by atoms with Crippen molar-refractivity contribution >= 4 is 5.78 Å². The van der Waals surface area contributed by atoms with Crippen molar-refractivity contribution in [2.45, 2.75) is 20.3 Å². The summed E-state index contributed by atoms with van der Waals surface area (Å²) in [4.78, 5) is 15.9. The molecule has 0 aliphatic heterocycles. The van der Waals surface area contributed by atoms with E-state index in [-0.39, 0.29) is 5.78 Å². The summed E-state index contributed by atoms with van der Waals surface area (Å²) in [6, 6.07) is 0. The fraction of sp³-hybridized carbons (Fsp3) is 0.600. The van der Waals surface area contributed by atoms with Crippen molar-refractivity contribution in [3.8, 4) is 0 Å². The van der Waals surface area contributed by atoms with E-state index in [1.165, 1.54) is 0 Å². The lowest BCUT2D eigenvalue weighted by atomic mass is 9.86. The highest BCUT2D eigenvalue weighted by Gasteiger charge is 2.26. The van der Waals surface area contributed by atoms with E-state index in [0.717, 1.165) is 5.82 Å². The highest BCUT2D eigenvalue weighted by Crippen LogP contribution is 2.16. The number of rotatable bonds is 4. The zero-order chi connectivity index (χ0) is 10.8. The SMILES string of the molecule is Cn1ccnc1CC(=O)C(C)(C)CN. The summed E-state index contributed by atoms with van der Waals surface area (Å²) in [5, 5.41) is 0. The Labute approximate surface area is 84.1 Å². The second kappa shape index (κ2) is 3.92. The van der Waals surface area contributed by atoms with Crippen molar-refractivity contribution in [3.63, 3.8) is 0 Å². The number of nitrogens with two attached hydrogens (primary N) is 1. The smallest absolute Gasteiger partial charge is 0.147 e. The fourth-order valence-corrected chi connectivity index (χ4v) is 1.06. The van der Waals surface area contributed by atoms with Crippen molar-refractivity contribution in [2.75, 3.05) is 6.54 Å². The third-order valence-electron chi connectivity index (χ3n) is 2.50. The number of nitrogens with zero attached hydrogens (tertiary/aromatic N) is 2. The van der Waals surface area contributed by atoms with Crippen LogP contribution in [0.15, 0.2) is 12.4 Å². The van der Waals surface area contributed by atoms with Crippen LogP contribution in [-0.4, -0.2) is 21.9 Å². The highest BCUT2D eigenvalue weighted by molar-refractivity contribution is 5.85. The van der Waals surface area contributed by atoms with Crippen molar-refractivity contribution < 1.29 is 4.79 Å². The number of aromatic nitrogens is 2. The van der Waals surface area contributed by atoms with Gasteiger partial charge in [-0.25, -0.2) is 4.98 Å². The Morgan fingerprint density at radius 1 is 1.64 bits per heavy atom. The summed E-state index contributed by atoms with van der Waals surface area (Å²) >= 11 is 0. The molecule has 1 aromatic heterocycles. The topological polar surface area (TPSA) is 60.9 Å². The summed E-state index contributed by atoms with van der Waals surface area (Å²) in [5.41, 5.74) is 5.07. The fourth-order valence-electron chi connectivity index (χ4n) is 1.06. The molecule has 14 heavy (non-hydrogen) atoms. The number of hydrogen-bond acceptors (Lipinski definition) is 3. The van der Waals surface area contributed by atoms with Gasteiger partial charge in [-0.05, 0) is 0 Å². The van der Waals surface area contributed by atoms with Crippen LogP contribution in [0, 0.1) is 5.41 Å². The van der Waals surface area contributed by atoms with Crippen molar-refractivity contribution in [3.05, 3.63) is 18.2 Å². The van der Waals surface area contributed by atoms with Gasteiger partial charge in [0.1, 0.15) is 11.6 Å². The summed E-state index contributed by atoms with van der Waals surface area (Å²) < 4.78 is 1.85. The van der Waals surface area contributed by atoms with Crippen LogP contribution in [0.2, 0.25) is 0 Å². The molecule has 0 fully saturated rings. The number of carbonyl (C=O) groups excluding carboxylic acids is 1. The van der Waals surface area contributed by atoms with Gasteiger partial charge < -0.3 is 10.3 Å². The molecule has 1 rings (SSSR count). The number of Topliss-reactive ketones (excluding diaryl/α,β-unsaturated/α-hetero) is 1. The first-order chi connectivity index (χ1) is 6.47. The van der Waals surface area contributed by atoms with Gasteiger partial charge in [-0.1, -0.05) is 13.8 Å². The van der Waals surface area contributed by atoms with Crippen LogP contribution in [0.4, 0.5) is 0 Å². The summed E-state index contributed by atoms with van der Waals surface area (Å²) in [7, 11) is 1.88. The minimum atomic E-state index is -0.452. The average Bonchev–Trinajstić information content (AvgIpc) is 2.52. The quantitative estimate of drug-likeness (QED) is 0.761. The molecule has 2 N–H and O–H groups in total. The number of hydrogen-bond donors (Lipinski definition) is 1. The first-order valence-corrected chi connectivity index (χ1v) is 4.67. The minimum absolute atomic E-state index is 0.134. The molecule has 0 aliphatic carbocycles. The van der Waals surface area contributed by atoms with Gasteiger partial charge in [0, 0.05) is 31.4 Å². The third kappa shape index (κ3) is 2.20. The second-order valence-electron chi connectivity index (χ2n) is 4.14. The van der Waals surface area contributed by atoms with Gasteiger partial charge >= 0.3 is 0 Å². The summed E-state index contributed by atoms with van der Waals surface area (Å²) in [5.74, 6) is 0.922. The molecular formula is C10H17N3O. The molecule has 0 atom stereocenters. The Bertz CT molecular complexity index is 328. The molecule has 0 radical (unpaired) electrons. The molecule has 0 aliphatic rings. The van der Waals surface area contributed by atoms with Crippen LogP contribution in [0.1, 0.15) is 19.7 Å². The van der Waals surface area contributed by atoms with E-state index in [2.05, 4.69) is 4.98 Å². The number of aryl methyl sites for hydroxylation is 1. The Balaban J connectivity index is 2.71. The van der Waals surface area contributed by atoms with Crippen molar-refractivity contribution in [1.29, 1.82) is 0 Å². The first-order valence-electron chi connectivity index (χ1n) is 4.67. The largest absolute Gasteiger partial charge is 0.338 e. The van der Waals surface area contributed by atoms with Gasteiger partial charge in [0.05, 0.1) is 6.42 Å². The molecular weight excluding hydrogens is 178 g/mol. The first kappa shape index (κ1) is 10.9. The maximum absolute atomic E-state index is 11.8. The Hall–Kier alpha value is -1.16. The van der Waals surface area contributed by atoms with Crippen LogP contribution in [0.5, 0.6) is 0 Å². The van der Waals surface area contributed by atoms with E-state index in [0.29, 0.717) is 13.0 Å². The van der Waals surface area contributed by atoms with Crippen molar-refractivity contribution in [2.24, 2.45) is 18.2 Å². The highest BCUT2D eigenvalue weighted by atomic mass is 16.1. The normalized spacial score (nSPS) is 11.7. The van der Waals surface area contributed by atoms with Crippen LogP contribution >= 0.6 is 0 Å². The molecule has 0 bridgehead atoms. The number of imidazole rings is 1. The zero-order valence-electron chi connectivity index (χ0n) is 8.95. The van der Waals surface area contributed by atoms with Crippen LogP contribution < -0.4 is 5.73 Å². The van der Waals surface area contributed by atoms with Gasteiger partial charge in [0.25, 0.3) is 0 Å². The zero-order valence-corrected chi connectivity index (χ0v) is 8.95. The molecule has 0 saturated heterocycles. The van der Waals surface area contributed by atoms with Gasteiger partial charge in [-0.3, -0.25) is 4.79 Å². The van der Waals surface area contributed by atoms with E-state index >= 15 is 0 Å². The van der Waals surface area contributed by atoms with Crippen LogP contribution in [0.25, 0.3) is 0 Å². The van der Waals surface area contributed by atoms with Gasteiger partial charge in [-0.15, -0.1) is 0 Å². The lowest BCUT2D eigenvalue weighted by Crippen LogP contribution is -2.34. The molecule has 0 saturated carbocycles. The minimum Gasteiger partial charge on any atom is -0.338 e. The molecule has 78 valence electrons. The molecule has 0 aromatic carbocycles. The van der Waals surface area contributed by atoms with Crippen LogP contribution in [0.3, 0.4) is 0 Å². The van der Waals surface area contributed by atoms with E-state index in [1.807, 2.05) is 31.7 Å². The predicted molar refractivity (Wildman–Crippen MR) is 54.8 cm³/mol. The van der Waals surface area contributed by atoms with E-state index < -0.39 is 5.41 Å². The average molecular weight is 195 g/mol. The van der Waals surface area contributed by atoms with E-state index in [4.69, 9.17) is 5.73 Å². The standard InChI is InChI=1S/C10H17N3O/c1-10(2,7-11)8(14)6-9-12-4-5-13(9)3/h4-5H,6-7,11H2,1-3H3. The van der Waals surface area contributed by atoms with Gasteiger partial charge in [-0.2, -0.15) is 0 Å². The van der Waals surface area contributed by atoms with Crippen LogP contribution in [-0.2, 0) is 18.3 Å². The van der Waals surface area contributed by atoms with Crippen molar-refractivity contribution in [1.82, 2.24) is 9.55 Å². The second-order valence-corrected chi connectivity index (χ2v) is 4.14. The molecule has 4 nitrogen and oxygen atoms in total. The number of carbonyl (C=O) groups is 1. The monoisotopic (exact) mass is 195 g/mol. The third-order valence-corrected chi connectivity index (χ3v) is 2.50. The van der Waals surface area contributed by atoms with E-state index in [1.54, 1.807) is 6.20 Å².